The third-order valence-corrected chi connectivity index (χ3v) is 1.74. The molecular weight excluding hydrogens is 200 g/mol. The van der Waals surface area contributed by atoms with Crippen molar-refractivity contribution in [3.05, 3.63) is 38.7 Å². The molecule has 0 saturated heterocycles. The Bertz CT molecular complexity index is 510. The van der Waals surface area contributed by atoms with E-state index in [1.54, 1.807) is 0 Å². The molecule has 0 aromatic carbocycles. The number of hydrogen-bond acceptors (Lipinski definition) is 4. The van der Waals surface area contributed by atoms with E-state index in [0.717, 1.165) is 6.08 Å². The van der Waals surface area contributed by atoms with Gasteiger partial charge in [-0.15, -0.1) is 0 Å². The highest BCUT2D eigenvalue weighted by Crippen LogP contribution is 1.91. The van der Waals surface area contributed by atoms with Crippen LogP contribution in [0, 0.1) is 0 Å². The van der Waals surface area contributed by atoms with E-state index in [0.29, 0.717) is 0 Å². The molecule has 6 heteroatoms. The zero-order valence-electron chi connectivity index (χ0n) is 8.31. The maximum absolute atomic E-state index is 11.2. The van der Waals surface area contributed by atoms with Crippen LogP contribution in [0.4, 0.5) is 0 Å². The summed E-state index contributed by atoms with van der Waals surface area (Å²) in [5.41, 5.74) is -0.837. The smallest absolute Gasteiger partial charge is 0.330 e. The average molecular weight is 210 g/mol. The predicted octanol–water partition coefficient (Wildman–Crippen LogP) is -0.740. The van der Waals surface area contributed by atoms with Crippen LogP contribution in [0.25, 0.3) is 6.08 Å². The molecule has 0 aliphatic heterocycles. The van der Waals surface area contributed by atoms with Gasteiger partial charge in [-0.25, -0.2) is 9.59 Å². The standard InChI is InChI=1S/C9H10N2O4/c1-11-5-6(3-4-7(12)15-2)8(13)10-9(11)14/h3-5H,1-2H3,(H,10,13,14)/b4-3+. The van der Waals surface area contributed by atoms with E-state index < -0.39 is 17.2 Å². The molecule has 0 bridgehead atoms. The van der Waals surface area contributed by atoms with Gasteiger partial charge in [-0.2, -0.15) is 0 Å². The molecule has 80 valence electrons. The van der Waals surface area contributed by atoms with Crippen LogP contribution in [0.1, 0.15) is 5.56 Å². The van der Waals surface area contributed by atoms with E-state index in [9.17, 15) is 14.4 Å². The van der Waals surface area contributed by atoms with Crippen LogP contribution in [0.2, 0.25) is 0 Å². The van der Waals surface area contributed by atoms with Gasteiger partial charge in [-0.3, -0.25) is 9.78 Å². The summed E-state index contributed by atoms with van der Waals surface area (Å²) in [5.74, 6) is -0.566. The fraction of sp³-hybridized carbons (Fsp3) is 0.222. The summed E-state index contributed by atoms with van der Waals surface area (Å²) in [7, 11) is 2.73. The molecule has 0 unspecified atom stereocenters. The normalized spacial score (nSPS) is 10.5. The van der Waals surface area contributed by atoms with Crippen LogP contribution in [-0.2, 0) is 16.6 Å². The van der Waals surface area contributed by atoms with Crippen molar-refractivity contribution in [1.29, 1.82) is 0 Å². The van der Waals surface area contributed by atoms with Gasteiger partial charge < -0.3 is 9.30 Å². The van der Waals surface area contributed by atoms with Crippen molar-refractivity contribution in [1.82, 2.24) is 9.55 Å². The zero-order valence-corrected chi connectivity index (χ0v) is 8.31. The molecule has 0 spiro atoms. The van der Waals surface area contributed by atoms with Crippen molar-refractivity contribution in [3.8, 4) is 0 Å². The van der Waals surface area contributed by atoms with Crippen molar-refractivity contribution in [3.63, 3.8) is 0 Å². The van der Waals surface area contributed by atoms with Gasteiger partial charge in [-0.1, -0.05) is 0 Å². The first-order chi connectivity index (χ1) is 7.04. The Labute approximate surface area is 84.8 Å². The number of nitrogens with one attached hydrogen (secondary N) is 1. The van der Waals surface area contributed by atoms with Gasteiger partial charge in [-0.05, 0) is 6.08 Å². The SMILES string of the molecule is COC(=O)/C=C/c1cn(C)c(=O)[nH]c1=O. The molecule has 0 atom stereocenters. The van der Waals surface area contributed by atoms with Gasteiger partial charge >= 0.3 is 11.7 Å². The lowest BCUT2D eigenvalue weighted by Crippen LogP contribution is -2.28. The van der Waals surface area contributed by atoms with Gasteiger partial charge in [0.1, 0.15) is 0 Å². The van der Waals surface area contributed by atoms with E-state index in [1.807, 2.05) is 0 Å². The second-order valence-electron chi connectivity index (χ2n) is 2.81. The molecule has 0 radical (unpaired) electrons. The van der Waals surface area contributed by atoms with E-state index >= 15 is 0 Å². The molecule has 0 saturated carbocycles. The maximum atomic E-state index is 11.2. The first kappa shape index (κ1) is 11.0. The Hall–Kier alpha value is -2.11. The monoisotopic (exact) mass is 210 g/mol. The number of carbonyl (C=O) groups is 1. The van der Waals surface area contributed by atoms with Crippen LogP contribution < -0.4 is 11.2 Å². The molecule has 15 heavy (non-hydrogen) atoms. The van der Waals surface area contributed by atoms with Crippen LogP contribution in [0.3, 0.4) is 0 Å². The van der Waals surface area contributed by atoms with Crippen molar-refractivity contribution in [2.45, 2.75) is 0 Å². The topological polar surface area (TPSA) is 81.2 Å². The second-order valence-corrected chi connectivity index (χ2v) is 2.81. The number of H-pyrrole nitrogens is 1. The summed E-state index contributed by atoms with van der Waals surface area (Å²) < 4.78 is 5.57. The molecule has 1 N–H and O–H groups in total. The number of esters is 1. The third-order valence-electron chi connectivity index (χ3n) is 1.74. The minimum atomic E-state index is -0.566. The number of ether oxygens (including phenoxy) is 1. The highest BCUT2D eigenvalue weighted by atomic mass is 16.5. The first-order valence-electron chi connectivity index (χ1n) is 4.10. The van der Waals surface area contributed by atoms with Crippen molar-refractivity contribution in [2.75, 3.05) is 7.11 Å². The number of rotatable bonds is 2. The molecule has 0 amide bonds. The molecule has 0 aliphatic carbocycles. The molecular formula is C9H10N2O4. The molecule has 6 nitrogen and oxygen atoms in total. The lowest BCUT2D eigenvalue weighted by atomic mass is 10.3. The minimum absolute atomic E-state index is 0.211. The number of nitrogens with zero attached hydrogens (tertiary/aromatic N) is 1. The van der Waals surface area contributed by atoms with Gasteiger partial charge in [0.15, 0.2) is 0 Å². The van der Waals surface area contributed by atoms with Crippen molar-refractivity contribution >= 4 is 12.0 Å². The van der Waals surface area contributed by atoms with E-state index in [4.69, 9.17) is 0 Å². The number of methoxy groups -OCH3 is 1. The summed E-state index contributed by atoms with van der Waals surface area (Å²) in [6, 6.07) is 0. The van der Waals surface area contributed by atoms with Gasteiger partial charge in [0, 0.05) is 19.3 Å². The van der Waals surface area contributed by atoms with Crippen LogP contribution >= 0.6 is 0 Å². The first-order valence-corrected chi connectivity index (χ1v) is 4.10. The van der Waals surface area contributed by atoms with Gasteiger partial charge in [0.05, 0.1) is 12.7 Å². The van der Waals surface area contributed by atoms with Crippen LogP contribution in [0.5, 0.6) is 0 Å². The quantitative estimate of drug-likeness (QED) is 0.515. The van der Waals surface area contributed by atoms with Crippen molar-refractivity contribution < 1.29 is 9.53 Å². The number of hydrogen-bond donors (Lipinski definition) is 1. The minimum Gasteiger partial charge on any atom is -0.466 e. The summed E-state index contributed by atoms with van der Waals surface area (Å²) in [4.78, 5) is 35.1. The zero-order chi connectivity index (χ0) is 11.4. The Morgan fingerprint density at radius 1 is 1.53 bits per heavy atom. The Kier molecular flexibility index (Phi) is 3.22. The van der Waals surface area contributed by atoms with Crippen LogP contribution in [-0.4, -0.2) is 22.6 Å². The fourth-order valence-corrected chi connectivity index (χ4v) is 0.928. The highest BCUT2D eigenvalue weighted by Gasteiger charge is 1.99. The van der Waals surface area contributed by atoms with Gasteiger partial charge in [0.25, 0.3) is 5.56 Å². The summed E-state index contributed by atoms with van der Waals surface area (Å²) in [6.07, 6.45) is 3.72. The predicted molar refractivity (Wildman–Crippen MR) is 53.4 cm³/mol. The molecule has 0 aliphatic rings. The fourth-order valence-electron chi connectivity index (χ4n) is 0.928. The van der Waals surface area contributed by atoms with E-state index in [2.05, 4.69) is 9.72 Å². The molecule has 1 heterocycles. The largest absolute Gasteiger partial charge is 0.466 e. The van der Waals surface area contributed by atoms with E-state index in [1.165, 1.54) is 31.0 Å². The molecule has 1 aromatic heterocycles. The maximum Gasteiger partial charge on any atom is 0.330 e. The average Bonchev–Trinajstić information content (AvgIpc) is 2.21. The summed E-state index contributed by atoms with van der Waals surface area (Å²) in [5, 5.41) is 0. The Morgan fingerprint density at radius 3 is 2.80 bits per heavy atom. The molecule has 1 aromatic rings. The Balaban J connectivity index is 3.12. The van der Waals surface area contributed by atoms with E-state index in [-0.39, 0.29) is 5.56 Å². The number of aryl methyl sites for hydroxylation is 1. The van der Waals surface area contributed by atoms with Gasteiger partial charge in [0.2, 0.25) is 0 Å². The number of aromatic amines is 1. The molecule has 0 fully saturated rings. The summed E-state index contributed by atoms with van der Waals surface area (Å²) in [6.45, 7) is 0. The highest BCUT2D eigenvalue weighted by molar-refractivity contribution is 5.86. The third kappa shape index (κ3) is 2.67. The Morgan fingerprint density at radius 2 is 2.20 bits per heavy atom. The second kappa shape index (κ2) is 4.41. The van der Waals surface area contributed by atoms with Crippen LogP contribution in [0.15, 0.2) is 21.9 Å². The summed E-state index contributed by atoms with van der Waals surface area (Å²) >= 11 is 0. The number of aromatic nitrogens is 2. The lowest BCUT2D eigenvalue weighted by molar-refractivity contribution is -0.134. The lowest BCUT2D eigenvalue weighted by Gasteiger charge is -1.97. The number of carbonyl (C=O) groups excluding carboxylic acids is 1. The molecule has 1 rings (SSSR count). The van der Waals surface area contributed by atoms with Crippen molar-refractivity contribution in [2.24, 2.45) is 7.05 Å².